The van der Waals surface area contributed by atoms with Gasteiger partial charge in [0.05, 0.1) is 0 Å². The Morgan fingerprint density at radius 3 is 3.00 bits per heavy atom. The standard InChI is InChI=1S/C9H10N/c1-2-8-5-3-4-6-9(8)7-10/h2-3,5-6H,1,7,10H2. The zero-order chi connectivity index (χ0) is 7.40. The van der Waals surface area contributed by atoms with Gasteiger partial charge in [-0.25, -0.2) is 0 Å². The second kappa shape index (κ2) is 3.18. The van der Waals surface area contributed by atoms with E-state index in [1.54, 1.807) is 6.08 Å². The topological polar surface area (TPSA) is 26.0 Å². The third kappa shape index (κ3) is 1.25. The van der Waals surface area contributed by atoms with Crippen LogP contribution in [0.3, 0.4) is 0 Å². The lowest BCUT2D eigenvalue weighted by Gasteiger charge is -1.99. The fraction of sp³-hybridized carbons (Fsp3) is 0.111. The van der Waals surface area contributed by atoms with Gasteiger partial charge in [-0.15, -0.1) is 0 Å². The lowest BCUT2D eigenvalue weighted by atomic mass is 10.1. The molecule has 1 rings (SSSR count). The highest BCUT2D eigenvalue weighted by Crippen LogP contribution is 2.07. The molecule has 0 bridgehead atoms. The molecule has 0 amide bonds. The Morgan fingerprint density at radius 1 is 1.70 bits per heavy atom. The molecule has 1 aromatic carbocycles. The van der Waals surface area contributed by atoms with Crippen molar-refractivity contribution in [3.8, 4) is 0 Å². The number of hydrogen-bond acceptors (Lipinski definition) is 1. The zero-order valence-electron chi connectivity index (χ0n) is 5.80. The van der Waals surface area contributed by atoms with E-state index >= 15 is 0 Å². The summed E-state index contributed by atoms with van der Waals surface area (Å²) >= 11 is 0. The second-order valence-electron chi connectivity index (χ2n) is 2.03. The molecule has 10 heavy (non-hydrogen) atoms. The van der Waals surface area contributed by atoms with Crippen molar-refractivity contribution in [3.05, 3.63) is 42.0 Å². The summed E-state index contributed by atoms with van der Waals surface area (Å²) in [5, 5.41) is 0. The van der Waals surface area contributed by atoms with Crippen molar-refractivity contribution in [2.45, 2.75) is 6.54 Å². The van der Waals surface area contributed by atoms with Gasteiger partial charge in [0, 0.05) is 6.54 Å². The van der Waals surface area contributed by atoms with Crippen molar-refractivity contribution < 1.29 is 0 Å². The first kappa shape index (κ1) is 7.03. The van der Waals surface area contributed by atoms with Crippen LogP contribution in [0.1, 0.15) is 11.1 Å². The van der Waals surface area contributed by atoms with Crippen LogP contribution in [0, 0.1) is 6.07 Å². The van der Waals surface area contributed by atoms with Gasteiger partial charge in [0.15, 0.2) is 0 Å². The van der Waals surface area contributed by atoms with Crippen LogP contribution in [0.15, 0.2) is 24.8 Å². The molecule has 0 saturated carbocycles. The van der Waals surface area contributed by atoms with Gasteiger partial charge in [0.25, 0.3) is 0 Å². The van der Waals surface area contributed by atoms with Gasteiger partial charge < -0.3 is 5.73 Å². The zero-order valence-corrected chi connectivity index (χ0v) is 5.80. The molecule has 0 aliphatic rings. The normalized spacial score (nSPS) is 9.30. The van der Waals surface area contributed by atoms with Crippen LogP contribution < -0.4 is 5.73 Å². The first-order valence-electron chi connectivity index (χ1n) is 3.20. The van der Waals surface area contributed by atoms with Crippen LogP contribution in [-0.4, -0.2) is 0 Å². The number of nitrogens with two attached hydrogens (primary N) is 1. The van der Waals surface area contributed by atoms with Crippen LogP contribution in [0.25, 0.3) is 6.08 Å². The molecule has 1 aromatic rings. The predicted molar refractivity (Wildman–Crippen MR) is 43.3 cm³/mol. The van der Waals surface area contributed by atoms with Crippen LogP contribution >= 0.6 is 0 Å². The molecule has 1 nitrogen and oxygen atoms in total. The summed E-state index contributed by atoms with van der Waals surface area (Å²) in [6, 6.07) is 8.66. The summed E-state index contributed by atoms with van der Waals surface area (Å²) in [6.45, 7) is 4.22. The molecule has 2 N–H and O–H groups in total. The van der Waals surface area contributed by atoms with E-state index in [0.29, 0.717) is 6.54 Å². The molecule has 0 aromatic heterocycles. The molecule has 0 spiro atoms. The molecule has 0 heterocycles. The number of hydrogen-bond donors (Lipinski definition) is 1. The van der Waals surface area contributed by atoms with Gasteiger partial charge in [-0.05, 0) is 23.3 Å². The highest BCUT2D eigenvalue weighted by Gasteiger charge is 1.92. The summed E-state index contributed by atoms with van der Waals surface area (Å²) in [5.74, 6) is 0. The van der Waals surface area contributed by atoms with Crippen molar-refractivity contribution in [1.82, 2.24) is 0 Å². The van der Waals surface area contributed by atoms with Crippen molar-refractivity contribution in [3.63, 3.8) is 0 Å². The Hall–Kier alpha value is -1.08. The van der Waals surface area contributed by atoms with Gasteiger partial charge in [-0.1, -0.05) is 24.8 Å². The van der Waals surface area contributed by atoms with E-state index in [1.165, 1.54) is 0 Å². The fourth-order valence-corrected chi connectivity index (χ4v) is 0.853. The number of rotatable bonds is 2. The number of benzene rings is 1. The SMILES string of the molecule is C=Cc1cc[c]cc1CN. The Bertz CT molecular complexity index is 228. The molecule has 1 radical (unpaired) electrons. The van der Waals surface area contributed by atoms with Gasteiger partial charge in [-0.2, -0.15) is 0 Å². The molecule has 0 aliphatic carbocycles. The van der Waals surface area contributed by atoms with E-state index in [-0.39, 0.29) is 0 Å². The Balaban J connectivity index is 3.08. The molecular weight excluding hydrogens is 122 g/mol. The van der Waals surface area contributed by atoms with Gasteiger partial charge in [0.1, 0.15) is 0 Å². The van der Waals surface area contributed by atoms with Crippen LogP contribution in [0.4, 0.5) is 0 Å². The quantitative estimate of drug-likeness (QED) is 0.649. The van der Waals surface area contributed by atoms with Crippen LogP contribution in [-0.2, 0) is 6.54 Å². The molecule has 0 aliphatic heterocycles. The molecule has 0 atom stereocenters. The van der Waals surface area contributed by atoms with E-state index in [9.17, 15) is 0 Å². The Morgan fingerprint density at radius 2 is 2.50 bits per heavy atom. The highest BCUT2D eigenvalue weighted by molar-refractivity contribution is 5.51. The highest BCUT2D eigenvalue weighted by atomic mass is 14.5. The predicted octanol–water partition coefficient (Wildman–Crippen LogP) is 1.59. The monoisotopic (exact) mass is 132 g/mol. The summed E-state index contributed by atoms with van der Waals surface area (Å²) in [4.78, 5) is 0. The lowest BCUT2D eigenvalue weighted by molar-refractivity contribution is 1.07. The molecule has 1 heteroatoms. The molecule has 0 unspecified atom stereocenters. The van der Waals surface area contributed by atoms with Crippen LogP contribution in [0.2, 0.25) is 0 Å². The third-order valence-corrected chi connectivity index (χ3v) is 1.43. The summed E-state index contributed by atoms with van der Waals surface area (Å²) < 4.78 is 0. The van der Waals surface area contributed by atoms with Crippen LogP contribution in [0.5, 0.6) is 0 Å². The summed E-state index contributed by atoms with van der Waals surface area (Å²) in [7, 11) is 0. The Kier molecular flexibility index (Phi) is 2.24. The van der Waals surface area contributed by atoms with Crippen molar-refractivity contribution in [1.29, 1.82) is 0 Å². The maximum atomic E-state index is 5.46. The first-order chi connectivity index (χ1) is 4.88. The van der Waals surface area contributed by atoms with Crippen molar-refractivity contribution >= 4 is 6.08 Å². The summed E-state index contributed by atoms with van der Waals surface area (Å²) in [6.07, 6.45) is 1.80. The van der Waals surface area contributed by atoms with Crippen molar-refractivity contribution in [2.24, 2.45) is 5.73 Å². The fourth-order valence-electron chi connectivity index (χ4n) is 0.853. The lowest BCUT2D eigenvalue weighted by Crippen LogP contribution is -1.97. The molecule has 0 saturated heterocycles. The van der Waals surface area contributed by atoms with E-state index in [1.807, 2.05) is 18.2 Å². The minimum atomic E-state index is 0.554. The molecule has 0 fully saturated rings. The molecular formula is C9H10N. The first-order valence-corrected chi connectivity index (χ1v) is 3.20. The van der Waals surface area contributed by atoms with E-state index < -0.39 is 0 Å². The molecule has 51 valence electrons. The largest absolute Gasteiger partial charge is 0.326 e. The smallest absolute Gasteiger partial charge is 0.0184 e. The third-order valence-electron chi connectivity index (χ3n) is 1.43. The maximum Gasteiger partial charge on any atom is 0.0184 e. The van der Waals surface area contributed by atoms with Gasteiger partial charge in [-0.3, -0.25) is 0 Å². The maximum absolute atomic E-state index is 5.46. The average molecular weight is 132 g/mol. The second-order valence-corrected chi connectivity index (χ2v) is 2.03. The van der Waals surface area contributed by atoms with E-state index in [0.717, 1.165) is 11.1 Å². The van der Waals surface area contributed by atoms with Crippen molar-refractivity contribution in [2.75, 3.05) is 0 Å². The van der Waals surface area contributed by atoms with Gasteiger partial charge in [0.2, 0.25) is 0 Å². The minimum absolute atomic E-state index is 0.554. The summed E-state index contributed by atoms with van der Waals surface area (Å²) in [5.41, 5.74) is 7.65. The van der Waals surface area contributed by atoms with E-state index in [4.69, 9.17) is 5.73 Å². The Labute approximate surface area is 61.2 Å². The minimum Gasteiger partial charge on any atom is -0.326 e. The average Bonchev–Trinajstić information content (AvgIpc) is 2.04. The van der Waals surface area contributed by atoms with Gasteiger partial charge >= 0.3 is 0 Å². The van der Waals surface area contributed by atoms with E-state index in [2.05, 4.69) is 12.6 Å².